The van der Waals surface area contributed by atoms with E-state index >= 15 is 0 Å². The molecule has 13 heteroatoms. The summed E-state index contributed by atoms with van der Waals surface area (Å²) in [6.07, 6.45) is 12.0. The largest absolute Gasteiger partial charge is 0.790 e. The maximum Gasteiger partial charge on any atom is 0.185 e. The molecule has 2 aromatic carbocycles. The molecule has 0 spiro atoms. The second kappa shape index (κ2) is 22.0. The SMILES string of the molecule is CCCCSc1c[n+](CC)cc(-c2cccc(OC)c2)c1F.CCCCSc1c[n+](CC)cc(-c2cccc(OC)c2)c1F.O=P([O-])([O-])O. The fourth-order valence-corrected chi connectivity index (χ4v) is 6.60. The number of methoxy groups -OCH3 is 2. The Bertz CT molecular complexity index is 1540. The van der Waals surface area contributed by atoms with Crippen LogP contribution in [0.25, 0.3) is 22.3 Å². The summed E-state index contributed by atoms with van der Waals surface area (Å²) in [5.74, 6) is 3.09. The number of ether oxygens (including phenoxy) is 2. The molecule has 4 rings (SSSR count). The second-order valence-corrected chi connectivity index (χ2v) is 13.9. The van der Waals surface area contributed by atoms with Gasteiger partial charge < -0.3 is 28.7 Å². The van der Waals surface area contributed by atoms with Gasteiger partial charge in [0.05, 0.1) is 33.2 Å². The summed E-state index contributed by atoms with van der Waals surface area (Å²) in [5, 5.41) is 0. The number of aryl methyl sites for hydroxylation is 2. The van der Waals surface area contributed by atoms with Crippen molar-refractivity contribution in [3.8, 4) is 33.8 Å². The van der Waals surface area contributed by atoms with Gasteiger partial charge in [-0.1, -0.05) is 51.0 Å². The van der Waals surface area contributed by atoms with Crippen molar-refractivity contribution in [1.29, 1.82) is 0 Å². The minimum Gasteiger partial charge on any atom is -0.790 e. The normalized spacial score (nSPS) is 10.8. The summed E-state index contributed by atoms with van der Waals surface area (Å²) in [6.45, 7) is 10.1. The molecule has 0 unspecified atom stereocenters. The average molecular weight is 737 g/mol. The number of aromatic nitrogens is 2. The lowest BCUT2D eigenvalue weighted by molar-refractivity contribution is -0.695. The van der Waals surface area contributed by atoms with E-state index in [4.69, 9.17) is 28.7 Å². The molecule has 4 aromatic rings. The van der Waals surface area contributed by atoms with Crippen molar-refractivity contribution in [3.63, 3.8) is 0 Å². The predicted octanol–water partition coefficient (Wildman–Crippen LogP) is 7.21. The van der Waals surface area contributed by atoms with Gasteiger partial charge in [0.15, 0.2) is 36.4 Å². The van der Waals surface area contributed by atoms with E-state index in [-0.39, 0.29) is 11.6 Å². The van der Waals surface area contributed by atoms with Crippen molar-refractivity contribution in [1.82, 2.24) is 0 Å². The van der Waals surface area contributed by atoms with Crippen molar-refractivity contribution in [2.75, 3.05) is 25.7 Å². The van der Waals surface area contributed by atoms with E-state index in [1.807, 2.05) is 82.5 Å². The van der Waals surface area contributed by atoms with Gasteiger partial charge in [-0.2, -0.15) is 0 Å². The van der Waals surface area contributed by atoms with Gasteiger partial charge in [-0.05, 0) is 73.6 Å². The lowest BCUT2D eigenvalue weighted by Crippen LogP contribution is -2.32. The number of hydrogen-bond donors (Lipinski definition) is 1. The zero-order valence-corrected chi connectivity index (χ0v) is 31.5. The number of pyridine rings is 2. The van der Waals surface area contributed by atoms with Gasteiger partial charge in [0, 0.05) is 0 Å². The summed E-state index contributed by atoms with van der Waals surface area (Å²) in [4.78, 5) is 25.7. The van der Waals surface area contributed by atoms with Gasteiger partial charge in [-0.15, -0.1) is 23.5 Å². The predicted molar refractivity (Wildman–Crippen MR) is 190 cm³/mol. The van der Waals surface area contributed by atoms with Gasteiger partial charge >= 0.3 is 0 Å². The number of hydrogen-bond acceptors (Lipinski definition) is 7. The Morgan fingerprint density at radius 2 is 1.08 bits per heavy atom. The van der Waals surface area contributed by atoms with Crippen LogP contribution in [0.4, 0.5) is 8.78 Å². The van der Waals surface area contributed by atoms with Crippen LogP contribution in [0, 0.1) is 11.6 Å². The highest BCUT2D eigenvalue weighted by Gasteiger charge is 2.19. The van der Waals surface area contributed by atoms with E-state index in [0.29, 0.717) is 11.1 Å². The van der Waals surface area contributed by atoms with Crippen molar-refractivity contribution in [3.05, 3.63) is 85.0 Å². The number of thioether (sulfide) groups is 2. The topological polar surface area (TPSA) is 110 Å². The van der Waals surface area contributed by atoms with Gasteiger partial charge in [-0.25, -0.2) is 17.9 Å². The third-order valence-electron chi connectivity index (χ3n) is 7.06. The molecule has 49 heavy (non-hydrogen) atoms. The van der Waals surface area contributed by atoms with Crippen LogP contribution < -0.4 is 28.4 Å². The molecule has 0 fully saturated rings. The molecule has 0 radical (unpaired) electrons. The molecule has 0 amide bonds. The highest BCUT2D eigenvalue weighted by molar-refractivity contribution is 7.99. The Hall–Kier alpha value is -2.99. The Kier molecular flexibility index (Phi) is 18.9. The number of halogens is 2. The van der Waals surface area contributed by atoms with Crippen LogP contribution in [-0.2, 0) is 17.7 Å². The van der Waals surface area contributed by atoms with E-state index < -0.39 is 7.82 Å². The maximum absolute atomic E-state index is 14.9. The minimum atomic E-state index is -5.14. The van der Waals surface area contributed by atoms with E-state index in [9.17, 15) is 8.78 Å². The summed E-state index contributed by atoms with van der Waals surface area (Å²) in [6, 6.07) is 15.1. The van der Waals surface area contributed by atoms with E-state index in [1.54, 1.807) is 37.7 Å². The van der Waals surface area contributed by atoms with E-state index in [1.165, 1.54) is 0 Å². The molecule has 8 nitrogen and oxygen atoms in total. The lowest BCUT2D eigenvalue weighted by atomic mass is 10.1. The fraction of sp³-hybridized carbons (Fsp3) is 0.389. The molecule has 0 saturated heterocycles. The molecule has 2 aromatic heterocycles. The molecule has 0 aliphatic heterocycles. The summed E-state index contributed by atoms with van der Waals surface area (Å²) in [5.41, 5.74) is 2.94. The smallest absolute Gasteiger partial charge is 0.185 e. The fourth-order valence-electron chi connectivity index (χ4n) is 4.40. The van der Waals surface area contributed by atoms with Crippen molar-refractivity contribution < 1.29 is 46.6 Å². The zero-order chi connectivity index (χ0) is 36.4. The minimum absolute atomic E-state index is 0.140. The first-order valence-corrected chi connectivity index (χ1v) is 19.6. The Morgan fingerprint density at radius 3 is 1.39 bits per heavy atom. The van der Waals surface area contributed by atoms with Gasteiger partial charge in [0.2, 0.25) is 0 Å². The molecule has 0 atom stereocenters. The van der Waals surface area contributed by atoms with Crippen LogP contribution in [0.3, 0.4) is 0 Å². The van der Waals surface area contributed by atoms with Crippen molar-refractivity contribution >= 4 is 31.3 Å². The third-order valence-corrected chi connectivity index (χ3v) is 9.24. The van der Waals surface area contributed by atoms with Gasteiger partial charge in [-0.3, -0.25) is 0 Å². The quantitative estimate of drug-likeness (QED) is 0.0627. The van der Waals surface area contributed by atoms with E-state index in [0.717, 1.165) is 82.7 Å². The second-order valence-electron chi connectivity index (χ2n) is 10.7. The summed E-state index contributed by atoms with van der Waals surface area (Å²) >= 11 is 3.19. The standard InChI is InChI=1S/2C18H23FNOS.H3O4P/c2*1-4-6-10-22-17-13-20(5-2)12-16(18(17)19)14-8-7-9-15(11-14)21-3;1-5(2,3)4/h2*7-9,11-13H,4-6,10H2,1-3H3;(H3,1,2,3,4)/q2*+1;/p-2. The zero-order valence-electron chi connectivity index (χ0n) is 29.0. The molecule has 0 aliphatic carbocycles. The van der Waals surface area contributed by atoms with Crippen LogP contribution in [0.15, 0.2) is 83.1 Å². The Morgan fingerprint density at radius 1 is 0.714 bits per heavy atom. The monoisotopic (exact) mass is 736 g/mol. The summed E-state index contributed by atoms with van der Waals surface area (Å²) < 4.78 is 52.9. The van der Waals surface area contributed by atoms with Crippen LogP contribution in [0.1, 0.15) is 53.4 Å². The van der Waals surface area contributed by atoms with Crippen LogP contribution in [0.5, 0.6) is 11.5 Å². The molecule has 1 N–H and O–H groups in total. The number of rotatable bonds is 14. The van der Waals surface area contributed by atoms with Crippen LogP contribution in [-0.4, -0.2) is 30.6 Å². The average Bonchev–Trinajstić information content (AvgIpc) is 3.09. The third kappa shape index (κ3) is 14.8. The van der Waals surface area contributed by atoms with E-state index in [2.05, 4.69) is 27.7 Å². The van der Waals surface area contributed by atoms with Gasteiger partial charge in [0.25, 0.3) is 0 Å². The number of unbranched alkanes of at least 4 members (excludes halogenated alkanes) is 2. The van der Waals surface area contributed by atoms with Crippen molar-refractivity contribution in [2.45, 2.75) is 76.3 Å². The molecule has 0 aliphatic rings. The number of phosphoric acid groups is 1. The first-order valence-electron chi connectivity index (χ1n) is 16.1. The Balaban J connectivity index is 0.000000299. The first-order chi connectivity index (χ1) is 23.4. The van der Waals surface area contributed by atoms with Crippen molar-refractivity contribution in [2.24, 2.45) is 0 Å². The van der Waals surface area contributed by atoms with Gasteiger partial charge in [0.1, 0.15) is 34.4 Å². The number of benzene rings is 2. The van der Waals surface area contributed by atoms with Crippen LogP contribution >= 0.6 is 31.3 Å². The lowest BCUT2D eigenvalue weighted by Gasteiger charge is -2.19. The molecule has 0 bridgehead atoms. The molecular formula is C36H47F2N2O6PS2. The first kappa shape index (κ1) is 42.2. The highest BCUT2D eigenvalue weighted by Crippen LogP contribution is 2.32. The van der Waals surface area contributed by atoms with Crippen LogP contribution in [0.2, 0.25) is 0 Å². The Labute approximate surface area is 297 Å². The molecule has 0 saturated carbocycles. The highest BCUT2D eigenvalue weighted by atomic mass is 32.2. The number of nitrogens with zero attached hydrogens (tertiary/aromatic N) is 2. The molecule has 2 heterocycles. The summed E-state index contributed by atoms with van der Waals surface area (Å²) in [7, 11) is -1.89. The molecule has 268 valence electrons. The maximum atomic E-state index is 14.9. The molecular weight excluding hydrogens is 690 g/mol.